The van der Waals surface area contributed by atoms with Gasteiger partial charge in [0.1, 0.15) is 0 Å². The van der Waals surface area contributed by atoms with E-state index in [4.69, 9.17) is 16.8 Å². The summed E-state index contributed by atoms with van der Waals surface area (Å²) < 4.78 is 1.73. The first-order valence-electron chi connectivity index (χ1n) is 5.12. The van der Waals surface area contributed by atoms with E-state index in [1.807, 2.05) is 44.3 Å². The number of aromatic nitrogens is 2. The molecule has 0 saturated heterocycles. The predicted molar refractivity (Wildman–Crippen MR) is 67.6 cm³/mol. The lowest BCUT2D eigenvalue weighted by molar-refractivity contribution is 0.321. The summed E-state index contributed by atoms with van der Waals surface area (Å²) >= 11 is 5.91. The summed E-state index contributed by atoms with van der Waals surface area (Å²) in [7, 11) is 1.83. The second-order valence-electron chi connectivity index (χ2n) is 3.69. The quantitative estimate of drug-likeness (QED) is 0.505. The largest absolute Gasteiger partial charge is 0.410 e. The highest BCUT2D eigenvalue weighted by Crippen LogP contribution is 2.27. The van der Waals surface area contributed by atoms with Crippen molar-refractivity contribution < 1.29 is 5.21 Å². The van der Waals surface area contributed by atoms with E-state index in [-0.39, 0.29) is 5.17 Å². The van der Waals surface area contributed by atoms with Gasteiger partial charge in [0.25, 0.3) is 0 Å². The third-order valence-electron chi connectivity index (χ3n) is 2.56. The van der Waals surface area contributed by atoms with E-state index in [0.29, 0.717) is 5.56 Å². The maximum atomic E-state index is 8.81. The van der Waals surface area contributed by atoms with Crippen LogP contribution in [0.2, 0.25) is 0 Å². The highest BCUT2D eigenvalue weighted by atomic mass is 35.5. The third-order valence-corrected chi connectivity index (χ3v) is 2.83. The summed E-state index contributed by atoms with van der Waals surface area (Å²) in [6.45, 7) is 1.83. The number of rotatable bonds is 2. The molecule has 0 aliphatic carbocycles. The first-order chi connectivity index (χ1) is 8.15. The number of aryl methyl sites for hydroxylation is 2. The second-order valence-corrected chi connectivity index (χ2v) is 4.05. The zero-order valence-corrected chi connectivity index (χ0v) is 10.3. The Labute approximate surface area is 104 Å². The van der Waals surface area contributed by atoms with Gasteiger partial charge in [0.2, 0.25) is 0 Å². The van der Waals surface area contributed by atoms with Gasteiger partial charge in [0.15, 0.2) is 5.17 Å². The van der Waals surface area contributed by atoms with Crippen LogP contribution >= 0.6 is 11.6 Å². The van der Waals surface area contributed by atoms with Crippen molar-refractivity contribution in [2.75, 3.05) is 0 Å². The van der Waals surface area contributed by atoms with Crippen LogP contribution in [0.1, 0.15) is 11.3 Å². The molecular formula is C12H12ClN3O. The standard InChI is InChI=1S/C12H12ClN3O/c1-8-10(12(13)15-17)11(16(2)14-8)9-6-4-3-5-7-9/h3-7,17H,1-2H3. The van der Waals surface area contributed by atoms with Gasteiger partial charge in [-0.2, -0.15) is 5.10 Å². The minimum atomic E-state index is 0.0504. The summed E-state index contributed by atoms with van der Waals surface area (Å²) in [5.41, 5.74) is 3.20. The fourth-order valence-corrected chi connectivity index (χ4v) is 2.11. The molecule has 17 heavy (non-hydrogen) atoms. The Balaban J connectivity index is 2.70. The fourth-order valence-electron chi connectivity index (χ4n) is 1.88. The van der Waals surface area contributed by atoms with Gasteiger partial charge in [-0.05, 0) is 6.92 Å². The molecule has 0 aliphatic heterocycles. The topological polar surface area (TPSA) is 50.4 Å². The molecule has 0 fully saturated rings. The first-order valence-corrected chi connectivity index (χ1v) is 5.50. The van der Waals surface area contributed by atoms with Gasteiger partial charge in [0.05, 0.1) is 17.0 Å². The molecule has 1 aromatic heterocycles. The van der Waals surface area contributed by atoms with E-state index >= 15 is 0 Å². The van der Waals surface area contributed by atoms with E-state index in [1.165, 1.54) is 0 Å². The minimum absolute atomic E-state index is 0.0504. The van der Waals surface area contributed by atoms with Crippen LogP contribution in [0.4, 0.5) is 0 Å². The van der Waals surface area contributed by atoms with Gasteiger partial charge in [-0.3, -0.25) is 4.68 Å². The molecule has 0 radical (unpaired) electrons. The lowest BCUT2D eigenvalue weighted by atomic mass is 10.1. The molecule has 1 N–H and O–H groups in total. The summed E-state index contributed by atoms with van der Waals surface area (Å²) in [6, 6.07) is 9.73. The Kier molecular flexibility index (Phi) is 3.15. The van der Waals surface area contributed by atoms with E-state index in [1.54, 1.807) is 4.68 Å². The maximum Gasteiger partial charge on any atom is 0.179 e. The molecule has 0 bridgehead atoms. The highest BCUT2D eigenvalue weighted by Gasteiger charge is 2.18. The predicted octanol–water partition coefficient (Wildman–Crippen LogP) is 2.77. The van der Waals surface area contributed by atoms with E-state index in [9.17, 15) is 0 Å². The second kappa shape index (κ2) is 4.59. The minimum Gasteiger partial charge on any atom is -0.410 e. The molecule has 0 atom stereocenters. The average molecular weight is 250 g/mol. The smallest absolute Gasteiger partial charge is 0.179 e. The van der Waals surface area contributed by atoms with Crippen LogP contribution in [-0.4, -0.2) is 20.2 Å². The van der Waals surface area contributed by atoms with Crippen LogP contribution < -0.4 is 0 Å². The van der Waals surface area contributed by atoms with Crippen LogP contribution in [0.5, 0.6) is 0 Å². The number of benzene rings is 1. The monoisotopic (exact) mass is 249 g/mol. The highest BCUT2D eigenvalue weighted by molar-refractivity contribution is 6.70. The van der Waals surface area contributed by atoms with Gasteiger partial charge in [0, 0.05) is 12.6 Å². The Morgan fingerprint density at radius 3 is 2.59 bits per heavy atom. The van der Waals surface area contributed by atoms with Gasteiger partial charge in [-0.1, -0.05) is 47.1 Å². The summed E-state index contributed by atoms with van der Waals surface area (Å²) in [5, 5.41) is 16.2. The van der Waals surface area contributed by atoms with Crippen molar-refractivity contribution in [3.05, 3.63) is 41.6 Å². The lowest BCUT2D eigenvalue weighted by Crippen LogP contribution is -1.98. The normalized spacial score (nSPS) is 11.8. The lowest BCUT2D eigenvalue weighted by Gasteiger charge is -2.04. The maximum absolute atomic E-state index is 8.81. The average Bonchev–Trinajstić information content (AvgIpc) is 2.64. The number of hydrogen-bond acceptors (Lipinski definition) is 3. The van der Waals surface area contributed by atoms with Crippen molar-refractivity contribution in [3.63, 3.8) is 0 Å². The van der Waals surface area contributed by atoms with Crippen LogP contribution in [0.15, 0.2) is 35.5 Å². The Morgan fingerprint density at radius 2 is 2.00 bits per heavy atom. The molecule has 1 aromatic carbocycles. The van der Waals surface area contributed by atoms with Crippen molar-refractivity contribution in [2.24, 2.45) is 12.2 Å². The number of hydrogen-bond donors (Lipinski definition) is 1. The molecule has 0 spiro atoms. The molecule has 0 aliphatic rings. The zero-order chi connectivity index (χ0) is 12.4. The SMILES string of the molecule is Cc1nn(C)c(-c2ccccc2)c1C(Cl)=NO. The van der Waals surface area contributed by atoms with Gasteiger partial charge in [-0.15, -0.1) is 0 Å². The van der Waals surface area contributed by atoms with E-state index < -0.39 is 0 Å². The van der Waals surface area contributed by atoms with Crippen LogP contribution in [0.3, 0.4) is 0 Å². The fraction of sp³-hybridized carbons (Fsp3) is 0.167. The van der Waals surface area contributed by atoms with Crippen molar-refractivity contribution >= 4 is 16.8 Å². The van der Waals surface area contributed by atoms with Gasteiger partial charge < -0.3 is 5.21 Å². The van der Waals surface area contributed by atoms with Crippen molar-refractivity contribution in [1.29, 1.82) is 0 Å². The van der Waals surface area contributed by atoms with E-state index in [2.05, 4.69) is 10.3 Å². The van der Waals surface area contributed by atoms with Crippen molar-refractivity contribution in [1.82, 2.24) is 9.78 Å². The molecule has 2 aromatic rings. The third kappa shape index (κ3) is 2.03. The molecule has 2 rings (SSSR count). The zero-order valence-electron chi connectivity index (χ0n) is 9.55. The molecule has 1 heterocycles. The first kappa shape index (κ1) is 11.7. The molecule has 5 heteroatoms. The van der Waals surface area contributed by atoms with Crippen molar-refractivity contribution in [3.8, 4) is 11.3 Å². The van der Waals surface area contributed by atoms with Crippen LogP contribution in [-0.2, 0) is 7.05 Å². The Bertz CT molecular complexity index is 561. The Morgan fingerprint density at radius 1 is 1.35 bits per heavy atom. The van der Waals surface area contributed by atoms with Gasteiger partial charge in [-0.25, -0.2) is 0 Å². The summed E-state index contributed by atoms with van der Waals surface area (Å²) in [5.74, 6) is 0. The molecule has 0 unspecified atom stereocenters. The number of halogens is 1. The summed E-state index contributed by atoms with van der Waals surface area (Å²) in [4.78, 5) is 0. The van der Waals surface area contributed by atoms with Gasteiger partial charge >= 0.3 is 0 Å². The Hall–Kier alpha value is -1.81. The molecule has 0 amide bonds. The molecular weight excluding hydrogens is 238 g/mol. The van der Waals surface area contributed by atoms with Crippen LogP contribution in [0, 0.1) is 6.92 Å². The van der Waals surface area contributed by atoms with Crippen LogP contribution in [0.25, 0.3) is 11.3 Å². The summed E-state index contributed by atoms with van der Waals surface area (Å²) in [6.07, 6.45) is 0. The molecule has 4 nitrogen and oxygen atoms in total. The number of nitrogens with zero attached hydrogens (tertiary/aromatic N) is 3. The number of oxime groups is 1. The molecule has 88 valence electrons. The van der Waals surface area contributed by atoms with E-state index in [0.717, 1.165) is 17.0 Å². The van der Waals surface area contributed by atoms with Crippen molar-refractivity contribution in [2.45, 2.75) is 6.92 Å². The molecule has 0 saturated carbocycles.